The zero-order valence-corrected chi connectivity index (χ0v) is 14.9. The van der Waals surface area contributed by atoms with Crippen molar-refractivity contribution in [3.63, 3.8) is 0 Å². The van der Waals surface area contributed by atoms with Crippen molar-refractivity contribution >= 4 is 23.3 Å². The van der Waals surface area contributed by atoms with Crippen molar-refractivity contribution in [1.82, 2.24) is 15.2 Å². The van der Waals surface area contributed by atoms with Crippen LogP contribution in [0.5, 0.6) is 0 Å². The summed E-state index contributed by atoms with van der Waals surface area (Å²) in [7, 11) is 0. The summed E-state index contributed by atoms with van der Waals surface area (Å²) in [5, 5.41) is 7.23. The molecule has 0 spiro atoms. The molecule has 7 nitrogen and oxygen atoms in total. The molecule has 130 valence electrons. The van der Waals surface area contributed by atoms with Gasteiger partial charge in [0, 0.05) is 23.7 Å². The van der Waals surface area contributed by atoms with E-state index in [4.69, 9.17) is 4.74 Å². The molecule has 2 amide bonds. The fourth-order valence-electron chi connectivity index (χ4n) is 2.13. The van der Waals surface area contributed by atoms with Gasteiger partial charge in [-0.05, 0) is 26.2 Å². The molecule has 0 aliphatic rings. The van der Waals surface area contributed by atoms with Gasteiger partial charge >= 0.3 is 11.0 Å². The molecule has 0 saturated heterocycles. The molecule has 1 heterocycles. The van der Waals surface area contributed by atoms with E-state index in [2.05, 4.69) is 10.6 Å². The average Bonchev–Trinajstić information content (AvgIpc) is 2.76. The smallest absolute Gasteiger partial charge is 0.407 e. The number of nitrogens with zero attached hydrogens (tertiary/aromatic N) is 1. The van der Waals surface area contributed by atoms with Crippen LogP contribution in [-0.4, -0.2) is 35.8 Å². The Morgan fingerprint density at radius 3 is 2.61 bits per heavy atom. The first-order valence-corrected chi connectivity index (χ1v) is 8.56. The molecule has 0 fully saturated rings. The van der Waals surface area contributed by atoms with E-state index < -0.39 is 6.09 Å². The lowest BCUT2D eigenvalue weighted by atomic mass is 10.0. The van der Waals surface area contributed by atoms with Crippen LogP contribution in [0.2, 0.25) is 0 Å². The minimum absolute atomic E-state index is 0.0119. The Balaban J connectivity index is 2.54. The van der Waals surface area contributed by atoms with Crippen molar-refractivity contribution in [2.24, 2.45) is 5.92 Å². The van der Waals surface area contributed by atoms with Crippen LogP contribution in [-0.2, 0) is 16.1 Å². The van der Waals surface area contributed by atoms with Crippen LogP contribution in [0.25, 0.3) is 0 Å². The lowest BCUT2D eigenvalue weighted by Gasteiger charge is -2.20. The molecule has 1 unspecified atom stereocenters. The van der Waals surface area contributed by atoms with E-state index in [1.807, 2.05) is 13.8 Å². The molecule has 0 bridgehead atoms. The number of ether oxygens (including phenoxy) is 1. The van der Waals surface area contributed by atoms with Gasteiger partial charge in [-0.25, -0.2) is 4.79 Å². The molecule has 23 heavy (non-hydrogen) atoms. The molecule has 2 N–H and O–H groups in total. The van der Waals surface area contributed by atoms with Crippen molar-refractivity contribution in [3.8, 4) is 0 Å². The molecular formula is C15H25N3O4S. The highest BCUT2D eigenvalue weighted by Crippen LogP contribution is 2.05. The number of nitrogens with one attached hydrogen (secondary N) is 2. The summed E-state index contributed by atoms with van der Waals surface area (Å²) < 4.78 is 6.30. The van der Waals surface area contributed by atoms with Crippen molar-refractivity contribution in [3.05, 3.63) is 20.7 Å². The lowest BCUT2D eigenvalue weighted by Crippen LogP contribution is -2.45. The number of amides is 2. The topological polar surface area (TPSA) is 89.4 Å². The zero-order valence-electron chi connectivity index (χ0n) is 14.0. The van der Waals surface area contributed by atoms with Crippen molar-refractivity contribution in [2.75, 3.05) is 13.2 Å². The molecule has 0 aliphatic carbocycles. The Morgan fingerprint density at radius 1 is 1.39 bits per heavy atom. The van der Waals surface area contributed by atoms with E-state index in [0.29, 0.717) is 19.1 Å². The maximum Gasteiger partial charge on any atom is 0.407 e. The number of thiazole rings is 1. The quantitative estimate of drug-likeness (QED) is 0.748. The summed E-state index contributed by atoms with van der Waals surface area (Å²) in [5.41, 5.74) is 0.763. The molecule has 1 aromatic heterocycles. The van der Waals surface area contributed by atoms with Crippen molar-refractivity contribution < 1.29 is 14.3 Å². The molecular weight excluding hydrogens is 318 g/mol. The third-order valence-electron chi connectivity index (χ3n) is 3.18. The Kier molecular flexibility index (Phi) is 7.80. The van der Waals surface area contributed by atoms with Gasteiger partial charge in [-0.2, -0.15) is 0 Å². The summed E-state index contributed by atoms with van der Waals surface area (Å²) in [6, 6.07) is -0.210. The molecule has 1 aromatic rings. The first-order chi connectivity index (χ1) is 10.8. The fraction of sp³-hybridized carbons (Fsp3) is 0.667. The van der Waals surface area contributed by atoms with Gasteiger partial charge in [0.05, 0.1) is 6.61 Å². The van der Waals surface area contributed by atoms with Crippen LogP contribution in [0.1, 0.15) is 32.9 Å². The standard InChI is InChI=1S/C15H25N3O4S/c1-5-22-14(20)17-12(6-10(2)3)7-16-13(19)8-18-11(4)9-23-15(18)21/h9-10,12H,5-8H2,1-4H3,(H,16,19)(H,17,20). The van der Waals surface area contributed by atoms with Crippen molar-refractivity contribution in [1.29, 1.82) is 0 Å². The highest BCUT2D eigenvalue weighted by molar-refractivity contribution is 7.07. The summed E-state index contributed by atoms with van der Waals surface area (Å²) in [4.78, 5) is 35.0. The Morgan fingerprint density at radius 2 is 2.09 bits per heavy atom. The third-order valence-corrected chi connectivity index (χ3v) is 4.06. The minimum atomic E-state index is -0.489. The number of rotatable bonds is 8. The average molecular weight is 343 g/mol. The number of aromatic nitrogens is 1. The van der Waals surface area contributed by atoms with Crippen LogP contribution in [0.15, 0.2) is 10.2 Å². The van der Waals surface area contributed by atoms with Crippen LogP contribution < -0.4 is 15.5 Å². The second kappa shape index (κ2) is 9.34. The van der Waals surface area contributed by atoms with Gasteiger partial charge in [0.2, 0.25) is 5.91 Å². The predicted octanol–water partition coefficient (Wildman–Crippen LogP) is 1.50. The van der Waals surface area contributed by atoms with Crippen LogP contribution in [0.4, 0.5) is 4.79 Å². The lowest BCUT2D eigenvalue weighted by molar-refractivity contribution is -0.121. The van der Waals surface area contributed by atoms with E-state index in [9.17, 15) is 14.4 Å². The number of hydrogen-bond donors (Lipinski definition) is 2. The largest absolute Gasteiger partial charge is 0.450 e. The fourth-order valence-corrected chi connectivity index (χ4v) is 2.87. The second-order valence-corrected chi connectivity index (χ2v) is 6.55. The van der Waals surface area contributed by atoms with Gasteiger partial charge in [0.15, 0.2) is 0 Å². The van der Waals surface area contributed by atoms with E-state index in [0.717, 1.165) is 23.5 Å². The summed E-state index contributed by atoms with van der Waals surface area (Å²) in [6.07, 6.45) is 0.230. The van der Waals surface area contributed by atoms with Gasteiger partial charge in [-0.1, -0.05) is 25.2 Å². The first kappa shape index (κ1) is 19.2. The molecule has 0 saturated carbocycles. The van der Waals surface area contributed by atoms with Gasteiger partial charge < -0.3 is 15.4 Å². The Hall–Kier alpha value is -1.83. The summed E-state index contributed by atoms with van der Waals surface area (Å²) in [6.45, 7) is 8.18. The number of carbonyl (C=O) groups is 2. The first-order valence-electron chi connectivity index (χ1n) is 7.68. The zero-order chi connectivity index (χ0) is 17.4. The molecule has 1 atom stereocenters. The van der Waals surface area contributed by atoms with Crippen LogP contribution in [0.3, 0.4) is 0 Å². The third kappa shape index (κ3) is 6.85. The minimum Gasteiger partial charge on any atom is -0.450 e. The van der Waals surface area contributed by atoms with Gasteiger partial charge in [0.25, 0.3) is 0 Å². The highest BCUT2D eigenvalue weighted by atomic mass is 32.1. The van der Waals surface area contributed by atoms with Crippen LogP contribution >= 0.6 is 11.3 Å². The van der Waals surface area contributed by atoms with E-state index in [-0.39, 0.29) is 23.4 Å². The summed E-state index contributed by atoms with van der Waals surface area (Å²) in [5.74, 6) is 0.105. The van der Waals surface area contributed by atoms with E-state index in [1.54, 1.807) is 19.2 Å². The second-order valence-electron chi connectivity index (χ2n) is 5.72. The molecule has 0 aliphatic heterocycles. The molecule has 1 rings (SSSR count). The maximum absolute atomic E-state index is 12.0. The molecule has 0 radical (unpaired) electrons. The van der Waals surface area contributed by atoms with Crippen molar-refractivity contribution in [2.45, 2.75) is 46.7 Å². The molecule has 0 aromatic carbocycles. The summed E-state index contributed by atoms with van der Waals surface area (Å²) >= 11 is 1.07. The van der Waals surface area contributed by atoms with Gasteiger partial charge in [-0.3, -0.25) is 14.2 Å². The van der Waals surface area contributed by atoms with Crippen LogP contribution in [0, 0.1) is 12.8 Å². The number of aryl methyl sites for hydroxylation is 1. The Labute approximate surface area is 140 Å². The highest BCUT2D eigenvalue weighted by Gasteiger charge is 2.16. The number of hydrogen-bond acceptors (Lipinski definition) is 5. The normalized spacial score (nSPS) is 12.0. The predicted molar refractivity (Wildman–Crippen MR) is 89.7 cm³/mol. The monoisotopic (exact) mass is 343 g/mol. The SMILES string of the molecule is CCOC(=O)NC(CNC(=O)Cn1c(C)csc1=O)CC(C)C. The number of alkyl carbamates (subject to hydrolysis) is 1. The maximum atomic E-state index is 12.0. The number of carbonyl (C=O) groups excluding carboxylic acids is 2. The van der Waals surface area contributed by atoms with Gasteiger partial charge in [-0.15, -0.1) is 0 Å². The van der Waals surface area contributed by atoms with E-state index in [1.165, 1.54) is 4.57 Å². The van der Waals surface area contributed by atoms with Gasteiger partial charge in [0.1, 0.15) is 6.54 Å². The Bertz CT molecular complexity index is 580. The van der Waals surface area contributed by atoms with E-state index >= 15 is 0 Å². The molecule has 8 heteroatoms.